The van der Waals surface area contributed by atoms with Gasteiger partial charge in [-0.25, -0.2) is 0 Å². The van der Waals surface area contributed by atoms with Crippen LogP contribution in [0.2, 0.25) is 0 Å². The molecule has 1 unspecified atom stereocenters. The molecule has 0 bridgehead atoms. The highest BCUT2D eigenvalue weighted by Gasteiger charge is 2.43. The molecule has 6 heteroatoms. The molecule has 1 atom stereocenters. The molecular weight excluding hydrogens is 320 g/mol. The van der Waals surface area contributed by atoms with E-state index in [2.05, 4.69) is 0 Å². The summed E-state index contributed by atoms with van der Waals surface area (Å²) < 4.78 is 5.31. The summed E-state index contributed by atoms with van der Waals surface area (Å²) in [5.74, 6) is -0.731. The number of carbonyl (C=O) groups is 3. The first-order valence-corrected chi connectivity index (χ1v) is 8.58. The van der Waals surface area contributed by atoms with E-state index in [-0.39, 0.29) is 23.8 Å². The summed E-state index contributed by atoms with van der Waals surface area (Å²) in [5.41, 5.74) is 0.602. The van der Waals surface area contributed by atoms with Gasteiger partial charge in [0, 0.05) is 29.6 Å². The molecule has 0 aromatic heterocycles. The minimum Gasteiger partial charge on any atom is -0.440 e. The number of ether oxygens (including phenoxy) is 1. The van der Waals surface area contributed by atoms with Crippen molar-refractivity contribution < 1.29 is 19.1 Å². The van der Waals surface area contributed by atoms with E-state index in [0.29, 0.717) is 24.2 Å². The lowest BCUT2D eigenvalue weighted by atomic mass is 9.93. The van der Waals surface area contributed by atoms with E-state index < -0.39 is 12.2 Å². The molecule has 2 amide bonds. The van der Waals surface area contributed by atoms with Crippen molar-refractivity contribution in [2.45, 2.75) is 40.8 Å². The lowest BCUT2D eigenvalue weighted by molar-refractivity contribution is -0.146. The Morgan fingerprint density at radius 1 is 1.12 bits per heavy atom. The standard InChI is InChI=1S/C19H26N2O4/c1-6-20(7-2)16(23)13-8-10-14(11-9-13)17(24)21-12-15(22)25-18(21)19(3,4)5/h8-11,18H,6-7,12H2,1-5H3. The first-order chi connectivity index (χ1) is 11.7. The van der Waals surface area contributed by atoms with Gasteiger partial charge in [0.05, 0.1) is 0 Å². The molecule has 0 spiro atoms. The Labute approximate surface area is 148 Å². The Morgan fingerprint density at radius 2 is 1.64 bits per heavy atom. The maximum absolute atomic E-state index is 12.8. The first kappa shape index (κ1) is 19.0. The van der Waals surface area contributed by atoms with Gasteiger partial charge in [-0.3, -0.25) is 19.3 Å². The maximum atomic E-state index is 12.8. The zero-order valence-corrected chi connectivity index (χ0v) is 15.5. The van der Waals surface area contributed by atoms with E-state index in [1.165, 1.54) is 4.90 Å². The minimum atomic E-state index is -0.593. The van der Waals surface area contributed by atoms with Gasteiger partial charge < -0.3 is 9.64 Å². The third-order valence-corrected chi connectivity index (χ3v) is 4.26. The molecular formula is C19H26N2O4. The highest BCUT2D eigenvalue weighted by Crippen LogP contribution is 2.30. The van der Waals surface area contributed by atoms with Crippen LogP contribution in [0.4, 0.5) is 0 Å². The number of esters is 1. The van der Waals surface area contributed by atoms with Crippen molar-refractivity contribution in [2.75, 3.05) is 19.6 Å². The zero-order valence-electron chi connectivity index (χ0n) is 15.5. The molecule has 1 aliphatic heterocycles. The van der Waals surface area contributed by atoms with Crippen LogP contribution in [-0.2, 0) is 9.53 Å². The summed E-state index contributed by atoms with van der Waals surface area (Å²) in [4.78, 5) is 39.9. The summed E-state index contributed by atoms with van der Waals surface area (Å²) in [5, 5.41) is 0. The molecule has 1 saturated heterocycles. The van der Waals surface area contributed by atoms with Crippen LogP contribution in [0.15, 0.2) is 24.3 Å². The van der Waals surface area contributed by atoms with E-state index in [1.807, 2.05) is 34.6 Å². The second kappa shape index (κ2) is 7.25. The van der Waals surface area contributed by atoms with Gasteiger partial charge in [-0.05, 0) is 38.1 Å². The van der Waals surface area contributed by atoms with Gasteiger partial charge in [0.2, 0.25) is 0 Å². The molecule has 136 valence electrons. The average Bonchev–Trinajstić information content (AvgIpc) is 2.97. The highest BCUT2D eigenvalue weighted by molar-refractivity contribution is 5.99. The number of nitrogens with zero attached hydrogens (tertiary/aromatic N) is 2. The van der Waals surface area contributed by atoms with Crippen LogP contribution < -0.4 is 0 Å². The molecule has 2 rings (SSSR count). The topological polar surface area (TPSA) is 66.9 Å². The van der Waals surface area contributed by atoms with Gasteiger partial charge in [0.1, 0.15) is 6.54 Å². The number of benzene rings is 1. The van der Waals surface area contributed by atoms with Crippen molar-refractivity contribution in [1.29, 1.82) is 0 Å². The van der Waals surface area contributed by atoms with Crippen LogP contribution in [0.1, 0.15) is 55.3 Å². The predicted octanol–water partition coefficient (Wildman–Crippen LogP) is 2.54. The Kier molecular flexibility index (Phi) is 5.50. The highest BCUT2D eigenvalue weighted by atomic mass is 16.6. The van der Waals surface area contributed by atoms with Gasteiger partial charge >= 0.3 is 5.97 Å². The second-order valence-corrected chi connectivity index (χ2v) is 7.20. The van der Waals surface area contributed by atoms with Gasteiger partial charge in [-0.15, -0.1) is 0 Å². The van der Waals surface area contributed by atoms with E-state index in [1.54, 1.807) is 29.2 Å². The van der Waals surface area contributed by atoms with Gasteiger partial charge in [0.25, 0.3) is 11.8 Å². The van der Waals surface area contributed by atoms with Crippen LogP contribution in [0.5, 0.6) is 0 Å². The molecule has 1 aliphatic rings. The summed E-state index contributed by atoms with van der Waals surface area (Å²) >= 11 is 0. The van der Waals surface area contributed by atoms with E-state index in [0.717, 1.165) is 0 Å². The fraction of sp³-hybridized carbons (Fsp3) is 0.526. The van der Waals surface area contributed by atoms with E-state index in [4.69, 9.17) is 4.74 Å². The molecule has 0 N–H and O–H groups in total. The Morgan fingerprint density at radius 3 is 2.12 bits per heavy atom. The van der Waals surface area contributed by atoms with Gasteiger partial charge in [-0.2, -0.15) is 0 Å². The third kappa shape index (κ3) is 4.00. The molecule has 25 heavy (non-hydrogen) atoms. The summed E-state index contributed by atoms with van der Waals surface area (Å²) in [6.07, 6.45) is -0.593. The summed E-state index contributed by atoms with van der Waals surface area (Å²) in [7, 11) is 0. The number of hydrogen-bond donors (Lipinski definition) is 0. The molecule has 1 fully saturated rings. The smallest absolute Gasteiger partial charge is 0.327 e. The van der Waals surface area contributed by atoms with Crippen LogP contribution in [0.3, 0.4) is 0 Å². The molecule has 1 aromatic carbocycles. The molecule has 6 nitrogen and oxygen atoms in total. The molecule has 0 aliphatic carbocycles. The minimum absolute atomic E-state index is 0.0547. The normalized spacial score (nSPS) is 17.4. The van der Waals surface area contributed by atoms with Gasteiger partial charge in [-0.1, -0.05) is 20.8 Å². The van der Waals surface area contributed by atoms with E-state index in [9.17, 15) is 14.4 Å². The quantitative estimate of drug-likeness (QED) is 0.786. The lowest BCUT2D eigenvalue weighted by Crippen LogP contribution is -2.43. The summed E-state index contributed by atoms with van der Waals surface area (Å²) in [6.45, 7) is 10.8. The van der Waals surface area contributed by atoms with Crippen LogP contribution in [0.25, 0.3) is 0 Å². The molecule has 1 aromatic rings. The largest absolute Gasteiger partial charge is 0.440 e. The number of carbonyl (C=O) groups excluding carboxylic acids is 3. The monoisotopic (exact) mass is 346 g/mol. The number of cyclic esters (lactones) is 1. The Hall–Kier alpha value is -2.37. The fourth-order valence-electron chi connectivity index (χ4n) is 2.88. The van der Waals surface area contributed by atoms with Crippen molar-refractivity contribution in [3.05, 3.63) is 35.4 Å². The lowest BCUT2D eigenvalue weighted by Gasteiger charge is -2.32. The van der Waals surface area contributed by atoms with Crippen molar-refractivity contribution in [3.8, 4) is 0 Å². The maximum Gasteiger partial charge on any atom is 0.327 e. The molecule has 0 radical (unpaired) electrons. The fourth-order valence-corrected chi connectivity index (χ4v) is 2.88. The van der Waals surface area contributed by atoms with Crippen molar-refractivity contribution >= 4 is 17.8 Å². The predicted molar refractivity (Wildman–Crippen MR) is 94.1 cm³/mol. The number of rotatable bonds is 4. The van der Waals surface area contributed by atoms with Crippen molar-refractivity contribution in [2.24, 2.45) is 5.41 Å². The average molecular weight is 346 g/mol. The Balaban J connectivity index is 2.20. The molecule has 0 saturated carbocycles. The molecule has 1 heterocycles. The second-order valence-electron chi connectivity index (χ2n) is 7.20. The van der Waals surface area contributed by atoms with Crippen LogP contribution in [-0.4, -0.2) is 53.4 Å². The van der Waals surface area contributed by atoms with Crippen LogP contribution in [0, 0.1) is 5.41 Å². The number of hydrogen-bond acceptors (Lipinski definition) is 4. The van der Waals surface area contributed by atoms with Crippen molar-refractivity contribution in [3.63, 3.8) is 0 Å². The SMILES string of the molecule is CCN(CC)C(=O)c1ccc(C(=O)N2CC(=O)OC2C(C)(C)C)cc1. The number of amides is 2. The van der Waals surface area contributed by atoms with Gasteiger partial charge in [0.15, 0.2) is 6.23 Å². The third-order valence-electron chi connectivity index (χ3n) is 4.26. The van der Waals surface area contributed by atoms with E-state index >= 15 is 0 Å². The van der Waals surface area contributed by atoms with Crippen molar-refractivity contribution in [1.82, 2.24) is 9.80 Å². The zero-order chi connectivity index (χ0) is 18.8. The Bertz CT molecular complexity index is 657. The van der Waals surface area contributed by atoms with Crippen LogP contribution >= 0.6 is 0 Å². The summed E-state index contributed by atoms with van der Waals surface area (Å²) in [6, 6.07) is 6.56. The first-order valence-electron chi connectivity index (χ1n) is 8.58.